The molecule has 0 radical (unpaired) electrons. The van der Waals surface area contributed by atoms with Crippen LogP contribution in [-0.2, 0) is 6.42 Å². The van der Waals surface area contributed by atoms with Gasteiger partial charge in [0.15, 0.2) is 0 Å². The summed E-state index contributed by atoms with van der Waals surface area (Å²) in [6.07, 6.45) is 1.69. The first kappa shape index (κ1) is 14.4. The van der Waals surface area contributed by atoms with Crippen molar-refractivity contribution in [1.29, 1.82) is 0 Å². The minimum atomic E-state index is -0.553. The molecule has 1 atom stereocenters. The van der Waals surface area contributed by atoms with Gasteiger partial charge in [-0.3, -0.25) is 4.98 Å². The molecule has 0 aliphatic heterocycles. The first-order valence-electron chi connectivity index (χ1n) is 5.29. The van der Waals surface area contributed by atoms with Crippen LogP contribution in [0.15, 0.2) is 45.5 Å². The van der Waals surface area contributed by atoms with E-state index in [0.717, 1.165) is 23.8 Å². The zero-order chi connectivity index (χ0) is 13.1. The molecule has 0 aliphatic carbocycles. The molecule has 94 valence electrons. The van der Waals surface area contributed by atoms with Crippen LogP contribution < -0.4 is 0 Å². The summed E-state index contributed by atoms with van der Waals surface area (Å²) in [5, 5.41) is 10.3. The minimum Gasteiger partial charge on any atom is -0.388 e. The fraction of sp³-hybridized carbons (Fsp3) is 0.154. The number of hydrogen-bond acceptors (Lipinski definition) is 2. The largest absolute Gasteiger partial charge is 0.388 e. The van der Waals surface area contributed by atoms with Gasteiger partial charge in [0, 0.05) is 30.8 Å². The van der Waals surface area contributed by atoms with Gasteiger partial charge in [0.25, 0.3) is 0 Å². The third-order valence-electron chi connectivity index (χ3n) is 2.51. The Morgan fingerprint density at radius 2 is 2.00 bits per heavy atom. The lowest BCUT2D eigenvalue weighted by molar-refractivity contribution is 0.176. The number of aliphatic hydroxyl groups is 1. The highest BCUT2D eigenvalue weighted by molar-refractivity contribution is 14.1. The molecule has 0 saturated carbocycles. The first-order chi connectivity index (χ1) is 8.56. The highest BCUT2D eigenvalue weighted by atomic mass is 127. The number of aromatic nitrogens is 1. The summed E-state index contributed by atoms with van der Waals surface area (Å²) in [5.74, 6) is 0. The Morgan fingerprint density at radius 3 is 2.67 bits per heavy atom. The molecule has 1 N–H and O–H groups in total. The van der Waals surface area contributed by atoms with Crippen molar-refractivity contribution in [2.75, 3.05) is 0 Å². The summed E-state index contributed by atoms with van der Waals surface area (Å²) >= 11 is 9.05. The van der Waals surface area contributed by atoms with Crippen LogP contribution in [0.1, 0.15) is 17.4 Å². The quantitative estimate of drug-likeness (QED) is 0.654. The first-order valence-corrected chi connectivity index (χ1v) is 7.96. The second kappa shape index (κ2) is 6.45. The molecule has 0 bridgehead atoms. The van der Waals surface area contributed by atoms with Crippen LogP contribution in [0.3, 0.4) is 0 Å². The second-order valence-corrected chi connectivity index (χ2v) is 6.87. The van der Waals surface area contributed by atoms with E-state index in [0.29, 0.717) is 6.42 Å². The molecule has 5 heteroatoms. The molecule has 2 rings (SSSR count). The Kier molecular flexibility index (Phi) is 5.17. The molecule has 1 heterocycles. The van der Waals surface area contributed by atoms with E-state index in [-0.39, 0.29) is 0 Å². The van der Waals surface area contributed by atoms with E-state index in [4.69, 9.17) is 0 Å². The highest BCUT2D eigenvalue weighted by Gasteiger charge is 2.13. The number of hydrogen-bond donors (Lipinski definition) is 1. The number of halogens is 3. The van der Waals surface area contributed by atoms with Crippen LogP contribution in [0.2, 0.25) is 0 Å². The highest BCUT2D eigenvalue weighted by Crippen LogP contribution is 2.27. The predicted octanol–water partition coefficient (Wildman–Crippen LogP) is 4.49. The van der Waals surface area contributed by atoms with Gasteiger partial charge in [-0.1, -0.05) is 15.9 Å². The third-order valence-corrected chi connectivity index (χ3v) is 4.37. The smallest absolute Gasteiger partial charge is 0.0856 e. The normalized spacial score (nSPS) is 12.4. The van der Waals surface area contributed by atoms with Gasteiger partial charge < -0.3 is 5.11 Å². The van der Waals surface area contributed by atoms with Crippen molar-refractivity contribution in [1.82, 2.24) is 4.98 Å². The van der Waals surface area contributed by atoms with Crippen LogP contribution in [0.25, 0.3) is 0 Å². The number of pyridine rings is 1. The van der Waals surface area contributed by atoms with Crippen LogP contribution >= 0.6 is 54.5 Å². The van der Waals surface area contributed by atoms with Crippen molar-refractivity contribution < 1.29 is 5.11 Å². The zero-order valence-corrected chi connectivity index (χ0v) is 14.6. The maximum atomic E-state index is 10.3. The van der Waals surface area contributed by atoms with Gasteiger partial charge >= 0.3 is 0 Å². The van der Waals surface area contributed by atoms with Crippen molar-refractivity contribution >= 4 is 54.5 Å². The topological polar surface area (TPSA) is 33.1 Å². The van der Waals surface area contributed by atoms with Crippen LogP contribution in [0.5, 0.6) is 0 Å². The van der Waals surface area contributed by atoms with Crippen molar-refractivity contribution in [2.45, 2.75) is 12.5 Å². The van der Waals surface area contributed by atoms with Crippen molar-refractivity contribution in [2.24, 2.45) is 0 Å². The van der Waals surface area contributed by atoms with Gasteiger partial charge in [-0.2, -0.15) is 0 Å². The lowest BCUT2D eigenvalue weighted by Crippen LogP contribution is -2.04. The number of benzene rings is 1. The molecule has 0 aliphatic rings. The van der Waals surface area contributed by atoms with Gasteiger partial charge in [-0.15, -0.1) is 0 Å². The average Bonchev–Trinajstić information content (AvgIpc) is 2.35. The molecule has 0 fully saturated rings. The van der Waals surface area contributed by atoms with E-state index < -0.39 is 6.10 Å². The van der Waals surface area contributed by atoms with E-state index in [1.807, 2.05) is 30.3 Å². The second-order valence-electron chi connectivity index (χ2n) is 3.85. The summed E-state index contributed by atoms with van der Waals surface area (Å²) in [7, 11) is 0. The van der Waals surface area contributed by atoms with Gasteiger partial charge in [0.05, 0.1) is 6.10 Å². The standard InChI is InChI=1S/C13H10Br2INO/c14-8-1-3-10(17-7-8)6-13(18)11-5-9(16)2-4-12(11)15/h1-5,7,13,18H,6H2. The average molecular weight is 483 g/mol. The van der Waals surface area contributed by atoms with Crippen LogP contribution in [0, 0.1) is 3.57 Å². The summed E-state index contributed by atoms with van der Waals surface area (Å²) in [6, 6.07) is 9.77. The Balaban J connectivity index is 2.18. The summed E-state index contributed by atoms with van der Waals surface area (Å²) in [6.45, 7) is 0. The molecular weight excluding hydrogens is 473 g/mol. The Labute approximate surface area is 136 Å². The number of aliphatic hydroxyl groups excluding tert-OH is 1. The van der Waals surface area contributed by atoms with Gasteiger partial charge in [-0.25, -0.2) is 0 Å². The van der Waals surface area contributed by atoms with Crippen LogP contribution in [-0.4, -0.2) is 10.1 Å². The Hall–Kier alpha value is 0.0200. The van der Waals surface area contributed by atoms with Gasteiger partial charge in [-0.05, 0) is 74.4 Å². The molecule has 2 aromatic rings. The SMILES string of the molecule is OC(Cc1ccc(Br)cn1)c1cc(I)ccc1Br. The van der Waals surface area contributed by atoms with E-state index >= 15 is 0 Å². The fourth-order valence-electron chi connectivity index (χ4n) is 1.61. The van der Waals surface area contributed by atoms with Crippen molar-refractivity contribution in [3.05, 3.63) is 60.3 Å². The molecule has 0 saturated heterocycles. The lowest BCUT2D eigenvalue weighted by Gasteiger charge is -2.13. The summed E-state index contributed by atoms with van der Waals surface area (Å²) < 4.78 is 2.97. The van der Waals surface area contributed by atoms with Crippen molar-refractivity contribution in [3.63, 3.8) is 0 Å². The van der Waals surface area contributed by atoms with E-state index in [1.165, 1.54) is 0 Å². The monoisotopic (exact) mass is 481 g/mol. The lowest BCUT2D eigenvalue weighted by atomic mass is 10.0. The van der Waals surface area contributed by atoms with Crippen LogP contribution in [0.4, 0.5) is 0 Å². The van der Waals surface area contributed by atoms with E-state index in [2.05, 4.69) is 59.4 Å². The van der Waals surface area contributed by atoms with Gasteiger partial charge in [0.2, 0.25) is 0 Å². The summed E-state index contributed by atoms with van der Waals surface area (Å²) in [4.78, 5) is 4.27. The third kappa shape index (κ3) is 3.76. The molecule has 0 amide bonds. The molecule has 18 heavy (non-hydrogen) atoms. The van der Waals surface area contributed by atoms with Gasteiger partial charge in [0.1, 0.15) is 0 Å². The molecular formula is C13H10Br2INO. The van der Waals surface area contributed by atoms with E-state index in [9.17, 15) is 5.11 Å². The van der Waals surface area contributed by atoms with E-state index in [1.54, 1.807) is 6.20 Å². The number of rotatable bonds is 3. The molecule has 1 aromatic carbocycles. The molecule has 2 nitrogen and oxygen atoms in total. The molecule has 0 spiro atoms. The maximum absolute atomic E-state index is 10.3. The zero-order valence-electron chi connectivity index (χ0n) is 9.28. The molecule has 1 unspecified atom stereocenters. The maximum Gasteiger partial charge on any atom is 0.0856 e. The number of nitrogens with zero attached hydrogens (tertiary/aromatic N) is 1. The summed E-state index contributed by atoms with van der Waals surface area (Å²) in [5.41, 5.74) is 1.77. The van der Waals surface area contributed by atoms with Crippen molar-refractivity contribution in [3.8, 4) is 0 Å². The minimum absolute atomic E-state index is 0.506. The predicted molar refractivity (Wildman–Crippen MR) is 87.5 cm³/mol. The molecule has 1 aromatic heterocycles. The Morgan fingerprint density at radius 1 is 1.22 bits per heavy atom. The fourth-order valence-corrected chi connectivity index (χ4v) is 2.87. The Bertz CT molecular complexity index is 545.